The highest BCUT2D eigenvalue weighted by molar-refractivity contribution is 5.90. The molecule has 23 heavy (non-hydrogen) atoms. The van der Waals surface area contributed by atoms with Gasteiger partial charge in [-0.25, -0.2) is 4.98 Å². The topological polar surface area (TPSA) is 107 Å². The highest BCUT2D eigenvalue weighted by atomic mass is 16.5. The van der Waals surface area contributed by atoms with E-state index in [1.54, 1.807) is 0 Å². The molecule has 1 aromatic heterocycles. The molecule has 7 nitrogen and oxygen atoms in total. The summed E-state index contributed by atoms with van der Waals surface area (Å²) in [7, 11) is 0. The van der Waals surface area contributed by atoms with Gasteiger partial charge in [0, 0.05) is 0 Å². The lowest BCUT2D eigenvalue weighted by Crippen LogP contribution is -2.40. The molecule has 3 N–H and O–H groups in total. The first-order valence-corrected chi connectivity index (χ1v) is 7.31. The minimum Gasteiger partial charge on any atom is -0.480 e. The van der Waals surface area contributed by atoms with E-state index in [2.05, 4.69) is 16.4 Å². The Balaban J connectivity index is 1.58. The lowest BCUT2D eigenvalue weighted by molar-refractivity contribution is -0.128. The largest absolute Gasteiger partial charge is 0.480 e. The molecule has 0 saturated heterocycles. The Bertz CT molecular complexity index is 754. The number of nitrogens with zero attached hydrogens (tertiary/aromatic N) is 1. The summed E-state index contributed by atoms with van der Waals surface area (Å²) in [6, 6.07) is 5.91. The quantitative estimate of drug-likeness (QED) is 0.878. The fraction of sp³-hybridized carbons (Fsp3) is 0.312. The molecular formula is C16H17N3O4. The van der Waals surface area contributed by atoms with Crippen LogP contribution in [-0.2, 0) is 17.8 Å². The van der Waals surface area contributed by atoms with Gasteiger partial charge in [0.25, 0.3) is 11.8 Å². The van der Waals surface area contributed by atoms with Gasteiger partial charge >= 0.3 is 0 Å². The van der Waals surface area contributed by atoms with Crippen LogP contribution < -0.4 is 15.8 Å². The van der Waals surface area contributed by atoms with E-state index in [0.29, 0.717) is 6.42 Å². The Kier molecular flexibility index (Phi) is 4.01. The summed E-state index contributed by atoms with van der Waals surface area (Å²) >= 11 is 0. The molecule has 0 saturated carbocycles. The van der Waals surface area contributed by atoms with Crippen LogP contribution in [0.15, 0.2) is 28.9 Å². The van der Waals surface area contributed by atoms with Crippen molar-refractivity contribution in [1.29, 1.82) is 0 Å². The van der Waals surface area contributed by atoms with Crippen LogP contribution in [0.25, 0.3) is 0 Å². The molecule has 0 bridgehead atoms. The highest BCUT2D eigenvalue weighted by Crippen LogP contribution is 2.28. The van der Waals surface area contributed by atoms with Crippen LogP contribution in [0.4, 0.5) is 0 Å². The molecule has 0 fully saturated rings. The molecule has 3 rings (SSSR count). The fourth-order valence-corrected chi connectivity index (χ4v) is 2.48. The summed E-state index contributed by atoms with van der Waals surface area (Å²) in [5, 5.41) is 2.69. The number of hydrogen-bond acceptors (Lipinski definition) is 5. The van der Waals surface area contributed by atoms with Gasteiger partial charge in [-0.15, -0.1) is 0 Å². The average molecular weight is 315 g/mol. The fourth-order valence-electron chi connectivity index (χ4n) is 2.48. The van der Waals surface area contributed by atoms with Crippen LogP contribution in [0.2, 0.25) is 0 Å². The number of fused-ring (bicyclic) bond motifs is 1. The zero-order chi connectivity index (χ0) is 16.4. The molecule has 1 unspecified atom stereocenters. The second kappa shape index (κ2) is 6.12. The van der Waals surface area contributed by atoms with Crippen molar-refractivity contribution < 1.29 is 18.7 Å². The molecule has 1 atom stereocenters. The number of rotatable bonds is 4. The van der Waals surface area contributed by atoms with Crippen LogP contribution in [0, 0.1) is 6.92 Å². The average Bonchev–Trinajstić information content (AvgIpc) is 3.01. The first-order valence-electron chi connectivity index (χ1n) is 7.31. The van der Waals surface area contributed by atoms with Crippen molar-refractivity contribution in [2.24, 2.45) is 5.73 Å². The van der Waals surface area contributed by atoms with Crippen molar-refractivity contribution in [3.05, 3.63) is 47.2 Å². The van der Waals surface area contributed by atoms with E-state index in [-0.39, 0.29) is 24.0 Å². The van der Waals surface area contributed by atoms with Crippen molar-refractivity contribution in [3.63, 3.8) is 0 Å². The number of nitrogens with one attached hydrogen (secondary N) is 1. The molecule has 1 aliphatic heterocycles. The Morgan fingerprint density at radius 1 is 1.43 bits per heavy atom. The molecule has 2 heterocycles. The number of benzene rings is 1. The van der Waals surface area contributed by atoms with E-state index in [1.807, 2.05) is 19.1 Å². The number of aromatic nitrogens is 1. The number of ether oxygens (including phenoxy) is 1. The number of aryl methyl sites for hydroxylation is 2. The molecule has 7 heteroatoms. The van der Waals surface area contributed by atoms with E-state index in [0.717, 1.165) is 17.7 Å². The first-order chi connectivity index (χ1) is 11.0. The van der Waals surface area contributed by atoms with Gasteiger partial charge in [-0.3, -0.25) is 9.59 Å². The van der Waals surface area contributed by atoms with Crippen LogP contribution in [0.3, 0.4) is 0 Å². The van der Waals surface area contributed by atoms with Crippen molar-refractivity contribution in [2.75, 3.05) is 0 Å². The van der Waals surface area contributed by atoms with Gasteiger partial charge in [-0.05, 0) is 31.4 Å². The van der Waals surface area contributed by atoms with E-state index < -0.39 is 12.0 Å². The van der Waals surface area contributed by atoms with E-state index >= 15 is 0 Å². The van der Waals surface area contributed by atoms with Gasteiger partial charge in [-0.1, -0.05) is 17.7 Å². The first kappa shape index (κ1) is 15.1. The Labute approximate surface area is 132 Å². The van der Waals surface area contributed by atoms with Crippen LogP contribution in [0.5, 0.6) is 5.75 Å². The van der Waals surface area contributed by atoms with Crippen LogP contribution >= 0.6 is 0 Å². The van der Waals surface area contributed by atoms with Crippen molar-refractivity contribution in [3.8, 4) is 5.75 Å². The van der Waals surface area contributed by atoms with Crippen molar-refractivity contribution in [2.45, 2.75) is 32.4 Å². The van der Waals surface area contributed by atoms with E-state index in [9.17, 15) is 9.59 Å². The zero-order valence-electron chi connectivity index (χ0n) is 12.7. The van der Waals surface area contributed by atoms with Gasteiger partial charge in [0.1, 0.15) is 12.0 Å². The van der Waals surface area contributed by atoms with Gasteiger partial charge in [0.15, 0.2) is 11.8 Å². The van der Waals surface area contributed by atoms with Crippen molar-refractivity contribution in [1.82, 2.24) is 10.3 Å². The number of amides is 2. The summed E-state index contributed by atoms with van der Waals surface area (Å²) < 4.78 is 10.8. The molecule has 120 valence electrons. The Morgan fingerprint density at radius 2 is 2.26 bits per heavy atom. The predicted octanol–water partition coefficient (Wildman–Crippen LogP) is 1.09. The van der Waals surface area contributed by atoms with Gasteiger partial charge in [-0.2, -0.15) is 0 Å². The molecular weight excluding hydrogens is 298 g/mol. The summed E-state index contributed by atoms with van der Waals surface area (Å²) in [5.41, 5.74) is 7.41. The van der Waals surface area contributed by atoms with Gasteiger partial charge in [0.2, 0.25) is 5.89 Å². The number of carbonyl (C=O) groups is 2. The summed E-state index contributed by atoms with van der Waals surface area (Å²) in [6.45, 7) is 2.10. The summed E-state index contributed by atoms with van der Waals surface area (Å²) in [5.74, 6) is 0.0528. The molecule has 2 amide bonds. The summed E-state index contributed by atoms with van der Waals surface area (Å²) in [6.07, 6.45) is 2.02. The number of hydrogen-bond donors (Lipinski definition) is 2. The lowest BCUT2D eigenvalue weighted by atomic mass is 10.00. The maximum Gasteiger partial charge on any atom is 0.270 e. The van der Waals surface area contributed by atoms with Crippen LogP contribution in [0.1, 0.15) is 33.9 Å². The molecule has 0 radical (unpaired) electrons. The maximum atomic E-state index is 12.2. The number of nitrogens with two attached hydrogens (primary N) is 1. The van der Waals surface area contributed by atoms with Crippen LogP contribution in [-0.4, -0.2) is 22.9 Å². The summed E-state index contributed by atoms with van der Waals surface area (Å²) in [4.78, 5) is 27.0. The van der Waals surface area contributed by atoms with Gasteiger partial charge < -0.3 is 20.2 Å². The lowest BCUT2D eigenvalue weighted by Gasteiger charge is -2.25. The second-order valence-corrected chi connectivity index (χ2v) is 5.46. The normalized spacial score (nSPS) is 16.3. The minimum absolute atomic E-state index is 0.0347. The zero-order valence-corrected chi connectivity index (χ0v) is 12.7. The maximum absolute atomic E-state index is 12.2. The Hall–Kier alpha value is -2.83. The Morgan fingerprint density at radius 3 is 3.00 bits per heavy atom. The molecule has 2 aromatic rings. The smallest absolute Gasteiger partial charge is 0.270 e. The third-order valence-corrected chi connectivity index (χ3v) is 3.67. The number of oxazole rings is 1. The van der Waals surface area contributed by atoms with Crippen molar-refractivity contribution >= 4 is 11.8 Å². The van der Waals surface area contributed by atoms with E-state index in [4.69, 9.17) is 14.9 Å². The second-order valence-electron chi connectivity index (χ2n) is 5.46. The highest BCUT2D eigenvalue weighted by Gasteiger charge is 2.26. The minimum atomic E-state index is -0.672. The number of carbonyl (C=O) groups excluding carboxylic acids is 2. The number of primary amides is 1. The standard InChI is InChI=1S/C16H17N3O4/c1-9-2-4-12-10(6-9)3-5-13(23-12)16(21)18-7-14-19-11(8-22-14)15(17)20/h2,4,6,8,13H,3,5,7H2,1H3,(H2,17,20)(H,18,21). The molecule has 1 aromatic carbocycles. The van der Waals surface area contributed by atoms with Gasteiger partial charge in [0.05, 0.1) is 6.54 Å². The molecule has 1 aliphatic rings. The molecule has 0 spiro atoms. The third kappa shape index (κ3) is 3.33. The predicted molar refractivity (Wildman–Crippen MR) is 80.8 cm³/mol. The third-order valence-electron chi connectivity index (χ3n) is 3.67. The monoisotopic (exact) mass is 315 g/mol. The van der Waals surface area contributed by atoms with E-state index in [1.165, 1.54) is 11.8 Å². The SMILES string of the molecule is Cc1ccc2c(c1)CCC(C(=O)NCc1nc(C(N)=O)co1)O2. The molecule has 0 aliphatic carbocycles.